The van der Waals surface area contributed by atoms with Crippen molar-refractivity contribution in [2.45, 2.75) is 83.4 Å². The summed E-state index contributed by atoms with van der Waals surface area (Å²) in [5, 5.41) is 4.14. The van der Waals surface area contributed by atoms with E-state index in [-0.39, 0.29) is 46.0 Å². The normalized spacial score (nSPS) is 18.0. The molecule has 2 aliphatic heterocycles. The molecule has 0 saturated carbocycles. The van der Waals surface area contributed by atoms with Gasteiger partial charge in [-0.15, -0.1) is 0 Å². The zero-order chi connectivity index (χ0) is 34.1. The van der Waals surface area contributed by atoms with Gasteiger partial charge < -0.3 is 19.7 Å². The molecule has 47 heavy (non-hydrogen) atoms. The van der Waals surface area contributed by atoms with Crippen molar-refractivity contribution >= 4 is 56.1 Å². The molecule has 2 amide bonds. The molecule has 254 valence electrons. The number of fused-ring (bicyclic) bond motifs is 1. The van der Waals surface area contributed by atoms with E-state index >= 15 is 0 Å². The number of benzene rings is 2. The molecule has 2 aliphatic rings. The number of halogens is 2. The van der Waals surface area contributed by atoms with Gasteiger partial charge in [0.2, 0.25) is 15.9 Å². The Morgan fingerprint density at radius 1 is 1.04 bits per heavy atom. The largest absolute Gasteiger partial charge is 0.487 e. The molecule has 0 unspecified atom stereocenters. The quantitative estimate of drug-likeness (QED) is 0.279. The predicted molar refractivity (Wildman–Crippen MR) is 182 cm³/mol. The number of carbonyl (C=O) groups is 2. The fourth-order valence-corrected chi connectivity index (χ4v) is 8.67. The van der Waals surface area contributed by atoms with E-state index in [9.17, 15) is 18.0 Å². The number of nitrogens with zero attached hydrogens (tertiary/aromatic N) is 3. The zero-order valence-electron chi connectivity index (χ0n) is 27.4. The van der Waals surface area contributed by atoms with Crippen molar-refractivity contribution in [3.05, 3.63) is 63.3 Å². The molecular formula is C34H42Cl2N4O6S. The molecule has 13 heteroatoms. The van der Waals surface area contributed by atoms with Crippen LogP contribution in [0.15, 0.2) is 41.3 Å². The number of ether oxygens (including phenoxy) is 2. The molecule has 0 spiro atoms. The molecular weight excluding hydrogens is 663 g/mol. The minimum absolute atomic E-state index is 0.0409. The number of nitrogens with one attached hydrogen (secondary N) is 1. The number of aryl methyl sites for hydroxylation is 2. The van der Waals surface area contributed by atoms with Crippen LogP contribution in [0.2, 0.25) is 10.0 Å². The van der Waals surface area contributed by atoms with E-state index in [4.69, 9.17) is 32.7 Å². The summed E-state index contributed by atoms with van der Waals surface area (Å²) in [6, 6.07) is 9.64. The Bertz CT molecular complexity index is 1770. The van der Waals surface area contributed by atoms with Gasteiger partial charge in [0.05, 0.1) is 5.02 Å². The number of likely N-dealkylation sites (tertiary alicyclic amines) is 1. The first-order valence-electron chi connectivity index (χ1n) is 15.9. The third-order valence-corrected chi connectivity index (χ3v) is 11.4. The number of amides is 2. The van der Waals surface area contributed by atoms with Gasteiger partial charge in [0, 0.05) is 47.8 Å². The van der Waals surface area contributed by atoms with Gasteiger partial charge in [-0.1, -0.05) is 35.3 Å². The number of piperidine rings is 1. The Morgan fingerprint density at radius 2 is 1.77 bits per heavy atom. The number of hydrogen-bond acceptors (Lipinski definition) is 7. The summed E-state index contributed by atoms with van der Waals surface area (Å²) in [6.07, 6.45) is 2.03. The van der Waals surface area contributed by atoms with Crippen LogP contribution in [0.3, 0.4) is 0 Å². The van der Waals surface area contributed by atoms with Crippen molar-refractivity contribution in [3.8, 4) is 5.75 Å². The maximum atomic E-state index is 14.0. The van der Waals surface area contributed by atoms with Crippen LogP contribution in [0.1, 0.15) is 63.3 Å². The number of aromatic nitrogens is 1. The van der Waals surface area contributed by atoms with Crippen molar-refractivity contribution in [3.63, 3.8) is 0 Å². The average molecular weight is 706 g/mol. The van der Waals surface area contributed by atoms with Crippen LogP contribution in [0.25, 0.3) is 10.9 Å². The summed E-state index contributed by atoms with van der Waals surface area (Å²) in [7, 11) is -4.15. The van der Waals surface area contributed by atoms with Crippen LogP contribution in [-0.2, 0) is 26.2 Å². The Labute approximate surface area is 286 Å². The van der Waals surface area contributed by atoms with E-state index in [1.807, 2.05) is 52.8 Å². The molecule has 2 saturated heterocycles. The van der Waals surface area contributed by atoms with E-state index in [1.165, 1.54) is 16.4 Å². The molecule has 2 aromatic carbocycles. The smallest absolute Gasteiger partial charge is 0.410 e. The highest BCUT2D eigenvalue weighted by molar-refractivity contribution is 7.89. The standard InChI is InChI=1S/C34H42Cl2N4O6S/c1-21-18-22(2)38-31-24(21)8-6-10-28(31)45-20-25-26(35)11-12-29(30(25)36)47(43,44)40-15-7-9-27(40)32(41)37-19-23-13-16-39(17-14-23)33(42)46-34(3,4)5/h6,8,10-12,18,23,27H,7,9,13-17,19-20H2,1-5H3,(H,37,41)/t27-/m0/s1. The number of pyridine rings is 1. The lowest BCUT2D eigenvalue weighted by molar-refractivity contribution is -0.124. The predicted octanol–water partition coefficient (Wildman–Crippen LogP) is 6.65. The molecule has 1 aromatic heterocycles. The molecule has 3 aromatic rings. The second kappa shape index (κ2) is 14.2. The fraction of sp³-hybridized carbons (Fsp3) is 0.500. The lowest BCUT2D eigenvalue weighted by Gasteiger charge is -2.33. The number of sulfonamides is 1. The van der Waals surface area contributed by atoms with Crippen molar-refractivity contribution < 1.29 is 27.5 Å². The van der Waals surface area contributed by atoms with Gasteiger partial charge in [0.1, 0.15) is 34.4 Å². The maximum Gasteiger partial charge on any atom is 0.410 e. The SMILES string of the molecule is Cc1cc(C)c2cccc(OCc3c(Cl)ccc(S(=O)(=O)N4CCC[C@H]4C(=O)NCC4CCN(C(=O)OC(C)(C)C)CC4)c3Cl)c2n1. The van der Waals surface area contributed by atoms with E-state index in [2.05, 4.69) is 10.3 Å². The topological polar surface area (TPSA) is 118 Å². The van der Waals surface area contributed by atoms with Crippen LogP contribution in [0.5, 0.6) is 5.75 Å². The van der Waals surface area contributed by atoms with Gasteiger partial charge in [-0.25, -0.2) is 18.2 Å². The monoisotopic (exact) mass is 704 g/mol. The Kier molecular flexibility index (Phi) is 10.6. The summed E-state index contributed by atoms with van der Waals surface area (Å²) < 4.78 is 40.8. The first-order valence-corrected chi connectivity index (χ1v) is 18.1. The highest BCUT2D eigenvalue weighted by Gasteiger charge is 2.41. The Morgan fingerprint density at radius 3 is 2.47 bits per heavy atom. The number of carbonyl (C=O) groups excluding carboxylic acids is 2. The third-order valence-electron chi connectivity index (χ3n) is 8.58. The summed E-state index contributed by atoms with van der Waals surface area (Å²) in [6.45, 7) is 11.0. The summed E-state index contributed by atoms with van der Waals surface area (Å²) >= 11 is 13.3. The molecule has 5 rings (SSSR count). The molecule has 0 bridgehead atoms. The highest BCUT2D eigenvalue weighted by atomic mass is 35.5. The van der Waals surface area contributed by atoms with Gasteiger partial charge in [0.15, 0.2) is 0 Å². The molecule has 1 atom stereocenters. The van der Waals surface area contributed by atoms with Crippen molar-refractivity contribution in [1.82, 2.24) is 19.5 Å². The fourth-order valence-electron chi connectivity index (χ4n) is 6.15. The van der Waals surface area contributed by atoms with E-state index in [0.29, 0.717) is 62.1 Å². The summed E-state index contributed by atoms with van der Waals surface area (Å²) in [5.74, 6) is 0.354. The van der Waals surface area contributed by atoms with Crippen LogP contribution >= 0.6 is 23.2 Å². The highest BCUT2D eigenvalue weighted by Crippen LogP contribution is 2.37. The minimum Gasteiger partial charge on any atom is -0.487 e. The lowest BCUT2D eigenvalue weighted by atomic mass is 9.97. The van der Waals surface area contributed by atoms with Gasteiger partial charge in [-0.2, -0.15) is 4.31 Å². The minimum atomic E-state index is -4.15. The van der Waals surface area contributed by atoms with Crippen molar-refractivity contribution in [2.75, 3.05) is 26.2 Å². The lowest BCUT2D eigenvalue weighted by Crippen LogP contribution is -2.48. The van der Waals surface area contributed by atoms with Gasteiger partial charge in [0.25, 0.3) is 0 Å². The number of hydrogen-bond donors (Lipinski definition) is 1. The van der Waals surface area contributed by atoms with Crippen molar-refractivity contribution in [1.29, 1.82) is 0 Å². The van der Waals surface area contributed by atoms with Gasteiger partial charge in [-0.3, -0.25) is 4.79 Å². The Balaban J connectivity index is 1.25. The first kappa shape index (κ1) is 35.2. The average Bonchev–Trinajstić information content (AvgIpc) is 3.51. The van der Waals surface area contributed by atoms with Crippen LogP contribution in [0.4, 0.5) is 4.79 Å². The van der Waals surface area contributed by atoms with Crippen LogP contribution < -0.4 is 10.1 Å². The van der Waals surface area contributed by atoms with Gasteiger partial charge >= 0.3 is 6.09 Å². The first-order chi connectivity index (χ1) is 22.2. The van der Waals surface area contributed by atoms with Gasteiger partial charge in [-0.05, 0) is 96.0 Å². The molecule has 2 fully saturated rings. The molecule has 10 nitrogen and oxygen atoms in total. The maximum absolute atomic E-state index is 14.0. The Hall–Kier alpha value is -3.12. The third kappa shape index (κ3) is 7.96. The molecule has 3 heterocycles. The number of rotatable bonds is 8. The van der Waals surface area contributed by atoms with E-state index in [1.54, 1.807) is 11.0 Å². The summed E-state index contributed by atoms with van der Waals surface area (Å²) in [5.41, 5.74) is 2.38. The number of para-hydroxylation sites is 1. The summed E-state index contributed by atoms with van der Waals surface area (Å²) in [4.78, 5) is 31.9. The van der Waals surface area contributed by atoms with E-state index in [0.717, 1.165) is 16.6 Å². The molecule has 0 radical (unpaired) electrons. The van der Waals surface area contributed by atoms with Crippen LogP contribution in [0, 0.1) is 19.8 Å². The second-order valence-corrected chi connectivity index (χ2v) is 15.9. The van der Waals surface area contributed by atoms with E-state index < -0.39 is 21.7 Å². The molecule has 1 N–H and O–H groups in total. The van der Waals surface area contributed by atoms with Crippen LogP contribution in [-0.4, -0.2) is 72.4 Å². The second-order valence-electron chi connectivity index (χ2n) is 13.3. The molecule has 0 aliphatic carbocycles. The zero-order valence-corrected chi connectivity index (χ0v) is 29.8. The van der Waals surface area contributed by atoms with Crippen molar-refractivity contribution in [2.24, 2.45) is 5.92 Å².